The van der Waals surface area contributed by atoms with E-state index in [-0.39, 0.29) is 0 Å². The Morgan fingerprint density at radius 1 is 0.162 bits per heavy atom. The van der Waals surface area contributed by atoms with Crippen molar-refractivity contribution in [2.45, 2.75) is 38.5 Å². The molecule has 4 nitrogen and oxygen atoms in total. The van der Waals surface area contributed by atoms with E-state index in [1.807, 2.05) is 0 Å². The molecule has 0 heterocycles. The van der Waals surface area contributed by atoms with Crippen molar-refractivity contribution >= 4 is 133 Å². The first-order chi connectivity index (χ1) is 64.2. The molecule has 26 rings (SSSR count). The molecule has 0 unspecified atom stereocenters. The lowest BCUT2D eigenvalue weighted by Crippen LogP contribution is -2.26. The fourth-order valence-corrected chi connectivity index (χ4v) is 23.7. The van der Waals surface area contributed by atoms with Gasteiger partial charge in [0.05, 0.1) is 22.2 Å². The van der Waals surface area contributed by atoms with Crippen LogP contribution in [0.2, 0.25) is 0 Å². The van der Waals surface area contributed by atoms with Crippen molar-refractivity contribution in [1.29, 1.82) is 0 Å². The van der Waals surface area contributed by atoms with E-state index in [1.54, 1.807) is 0 Å². The molecule has 0 aromatic heterocycles. The zero-order valence-corrected chi connectivity index (χ0v) is 72.5. The smallest absolute Gasteiger partial charge is 0.0732 e. The van der Waals surface area contributed by atoms with Crippen molar-refractivity contribution in [3.8, 4) is 55.6 Å². The highest BCUT2D eigenvalue weighted by Gasteiger charge is 2.56. The summed E-state index contributed by atoms with van der Waals surface area (Å²) in [5.41, 5.74) is 39.3. The minimum absolute atomic E-state index is 0.731. The topological polar surface area (TPSA) is 13.0 Å². The Hall–Kier alpha value is -16.4. The van der Waals surface area contributed by atoms with Crippen LogP contribution < -0.4 is 19.6 Å². The molecule has 0 saturated heterocycles. The lowest BCUT2D eigenvalue weighted by atomic mass is 9.69. The predicted octanol–water partition coefficient (Wildman–Crippen LogP) is 34.1. The van der Waals surface area contributed by atoms with Gasteiger partial charge in [-0.25, -0.2) is 0 Å². The molecule has 4 aliphatic rings. The molecule has 0 aliphatic heterocycles. The normalized spacial score (nSPS) is 13.0. The second-order valence-electron chi connectivity index (χ2n) is 35.8. The first-order valence-corrected chi connectivity index (χ1v) is 45.4. The maximum Gasteiger partial charge on any atom is 0.0732 e. The van der Waals surface area contributed by atoms with Gasteiger partial charge in [0.25, 0.3) is 0 Å². The Labute approximate surface area is 757 Å². The maximum atomic E-state index is 2.62. The Morgan fingerprint density at radius 2 is 0.462 bits per heavy atom. The molecule has 0 radical (unpaired) electrons. The number of hydrogen-bond acceptors (Lipinski definition) is 4. The van der Waals surface area contributed by atoms with Gasteiger partial charge in [0.2, 0.25) is 0 Å². The van der Waals surface area contributed by atoms with Gasteiger partial charge in [-0.15, -0.1) is 0 Å². The van der Waals surface area contributed by atoms with Gasteiger partial charge >= 0.3 is 0 Å². The highest BCUT2D eigenvalue weighted by molar-refractivity contribution is 6.27. The second kappa shape index (κ2) is 29.1. The summed E-state index contributed by atoms with van der Waals surface area (Å²) in [5.74, 6) is 0. The standard InChI is InChI=1S/C126H86N4/c1-79-35-31-45-87(71-79)127(91-67-69-105-107(75-91)93-49-13-17-57-101(93)121-119-103-59-19-15-55-99(103)117(129(86-43-9-6-10-44-86)88-46-32-36-80(2)72-88)77-113(119)125(123(105)121)109-61-25-21-51-95(109)96-52-22-26-62-110(96)125)89-47-33-39-83(73-89)84-40-34-48-90(74-84)130(116-66-30-12-38-82(116)4)118-78-114-120(104-60-20-16-56-100(104)118)122-102-58-18-14-50-94(102)108-76-92(128(85-41-7-5-8-42-85)115-65-29-11-37-81(115)3)68-70-106(108)124(122)126(114)111-63-27-23-53-97(111)98-54-24-28-64-112(98)126/h5-78H,1-4H3. The van der Waals surface area contributed by atoms with Crippen LogP contribution in [-0.4, -0.2) is 0 Å². The summed E-state index contributed by atoms with van der Waals surface area (Å²) < 4.78 is 0. The molecule has 0 amide bonds. The molecule has 0 N–H and O–H groups in total. The predicted molar refractivity (Wildman–Crippen MR) is 547 cm³/mol. The summed E-state index contributed by atoms with van der Waals surface area (Å²) in [5, 5.41) is 14.6. The van der Waals surface area contributed by atoms with Crippen LogP contribution in [0.1, 0.15) is 66.8 Å². The monoisotopic (exact) mass is 1650 g/mol. The van der Waals surface area contributed by atoms with Gasteiger partial charge in [0.1, 0.15) is 0 Å². The molecule has 4 heteroatoms. The number of fused-ring (bicyclic) bond motifs is 34. The van der Waals surface area contributed by atoms with Crippen molar-refractivity contribution in [3.63, 3.8) is 0 Å². The van der Waals surface area contributed by atoms with Crippen LogP contribution in [0, 0.1) is 27.7 Å². The van der Waals surface area contributed by atoms with Crippen LogP contribution in [0.5, 0.6) is 0 Å². The number of rotatable bonds is 13. The molecule has 4 aliphatic carbocycles. The third-order valence-corrected chi connectivity index (χ3v) is 28.8. The lowest BCUT2D eigenvalue weighted by Gasteiger charge is -2.34. The number of benzene rings is 22. The average Bonchev–Trinajstić information content (AvgIpc) is 1.49. The van der Waals surface area contributed by atoms with Crippen LogP contribution in [0.25, 0.3) is 120 Å². The molecule has 0 saturated carbocycles. The summed E-state index contributed by atoms with van der Waals surface area (Å²) in [4.78, 5) is 10.0. The summed E-state index contributed by atoms with van der Waals surface area (Å²) in [7, 11) is 0. The second-order valence-corrected chi connectivity index (χ2v) is 35.8. The molecule has 22 aromatic rings. The van der Waals surface area contributed by atoms with Crippen molar-refractivity contribution in [2.24, 2.45) is 0 Å². The van der Waals surface area contributed by atoms with E-state index < -0.39 is 10.8 Å². The van der Waals surface area contributed by atoms with Crippen LogP contribution >= 0.6 is 0 Å². The van der Waals surface area contributed by atoms with E-state index in [1.165, 1.54) is 176 Å². The quantitative estimate of drug-likeness (QED) is 0.107. The fourth-order valence-electron chi connectivity index (χ4n) is 23.7. The SMILES string of the molecule is Cc1cccc(N(c2cccc(-c3cccc(N(c4ccccc4C)c4cc5c(c6ccccc46)-c4c(c6ccc(N(c7ccccc7)c7ccccc7C)cc6c6ccccc46)C54c5ccccc5-c5ccccc54)c3)c2)c2ccc3c4c(c5ccccc5c3c2)-c2c(cc(N(c3ccccc3)c3cccc(C)c3)c3ccccc23)C42c3ccccc3-c3ccccc32)c1. The molecule has 2 spiro atoms. The summed E-state index contributed by atoms with van der Waals surface area (Å²) in [6.45, 7) is 8.91. The van der Waals surface area contributed by atoms with Crippen molar-refractivity contribution in [3.05, 3.63) is 516 Å². The Balaban J connectivity index is 0.663. The van der Waals surface area contributed by atoms with Crippen molar-refractivity contribution in [2.75, 3.05) is 19.6 Å². The molecule has 130 heavy (non-hydrogen) atoms. The van der Waals surface area contributed by atoms with E-state index in [0.717, 1.165) is 79.4 Å². The molecule has 0 bridgehead atoms. The zero-order chi connectivity index (χ0) is 86.2. The highest BCUT2D eigenvalue weighted by Crippen LogP contribution is 2.71. The number of nitrogens with zero attached hydrogens (tertiary/aromatic N) is 4. The maximum absolute atomic E-state index is 2.62. The van der Waals surface area contributed by atoms with Crippen LogP contribution in [0.3, 0.4) is 0 Å². The molecule has 22 aromatic carbocycles. The van der Waals surface area contributed by atoms with E-state index in [9.17, 15) is 0 Å². The van der Waals surface area contributed by atoms with Gasteiger partial charge in [0.15, 0.2) is 0 Å². The van der Waals surface area contributed by atoms with E-state index in [2.05, 4.69) is 496 Å². The van der Waals surface area contributed by atoms with E-state index in [4.69, 9.17) is 0 Å². The summed E-state index contributed by atoms with van der Waals surface area (Å²) >= 11 is 0. The number of para-hydroxylation sites is 4. The Bertz CT molecular complexity index is 8440. The van der Waals surface area contributed by atoms with Crippen molar-refractivity contribution in [1.82, 2.24) is 0 Å². The van der Waals surface area contributed by atoms with Gasteiger partial charge in [-0.2, -0.15) is 0 Å². The Morgan fingerprint density at radius 3 is 0.885 bits per heavy atom. The number of hydrogen-bond donors (Lipinski definition) is 0. The van der Waals surface area contributed by atoms with Gasteiger partial charge in [0, 0.05) is 67.6 Å². The minimum Gasteiger partial charge on any atom is -0.310 e. The first-order valence-electron chi connectivity index (χ1n) is 45.4. The molecule has 610 valence electrons. The molecular formula is C126H86N4. The van der Waals surface area contributed by atoms with Gasteiger partial charge in [-0.3, -0.25) is 0 Å². The van der Waals surface area contributed by atoms with Crippen LogP contribution in [-0.2, 0) is 10.8 Å². The van der Waals surface area contributed by atoms with Gasteiger partial charge in [-0.05, 0) is 325 Å². The third-order valence-electron chi connectivity index (χ3n) is 28.8. The lowest BCUT2D eigenvalue weighted by molar-refractivity contribution is 0.802. The number of anilines is 12. The number of aryl methyl sites for hydroxylation is 4. The third kappa shape index (κ3) is 10.8. The van der Waals surface area contributed by atoms with Gasteiger partial charge in [-0.1, -0.05) is 328 Å². The molecular weight excluding hydrogens is 1570 g/mol. The van der Waals surface area contributed by atoms with Crippen LogP contribution in [0.15, 0.2) is 449 Å². The molecule has 0 atom stereocenters. The first kappa shape index (κ1) is 75.0. The highest BCUT2D eigenvalue weighted by atomic mass is 15.2. The summed E-state index contributed by atoms with van der Waals surface area (Å²) in [6, 6.07) is 170. The van der Waals surface area contributed by atoms with Gasteiger partial charge < -0.3 is 19.6 Å². The van der Waals surface area contributed by atoms with Crippen LogP contribution in [0.4, 0.5) is 68.2 Å². The van der Waals surface area contributed by atoms with Crippen molar-refractivity contribution < 1.29 is 0 Å². The van der Waals surface area contributed by atoms with E-state index in [0.29, 0.717) is 0 Å². The average molecular weight is 1660 g/mol. The minimum atomic E-state index is -0.757. The largest absolute Gasteiger partial charge is 0.310 e. The zero-order valence-electron chi connectivity index (χ0n) is 72.5. The fraction of sp³-hybridized carbons (Fsp3) is 0.0476. The summed E-state index contributed by atoms with van der Waals surface area (Å²) in [6.07, 6.45) is 0. The van der Waals surface area contributed by atoms with E-state index >= 15 is 0 Å². The molecule has 0 fully saturated rings. The Kier molecular flexibility index (Phi) is 16.8.